The number of amides is 2. The highest BCUT2D eigenvalue weighted by atomic mass is 16.5. The van der Waals surface area contributed by atoms with Gasteiger partial charge in [0.1, 0.15) is 0 Å². The molecule has 0 aromatic heterocycles. The molecule has 1 heterocycles. The minimum Gasteiger partial charge on any atom is -0.453 e. The Morgan fingerprint density at radius 3 is 2.33 bits per heavy atom. The van der Waals surface area contributed by atoms with Gasteiger partial charge in [0, 0.05) is 51.2 Å². The molecule has 1 aliphatic carbocycles. The van der Waals surface area contributed by atoms with Crippen molar-refractivity contribution in [2.24, 2.45) is 11.1 Å². The molecule has 2 aromatic rings. The Morgan fingerprint density at radius 2 is 1.68 bits per heavy atom. The Bertz CT molecular complexity index is 1160. The van der Waals surface area contributed by atoms with Crippen LogP contribution in [0.4, 0.5) is 16.2 Å². The lowest BCUT2D eigenvalue weighted by Gasteiger charge is -2.35. The van der Waals surface area contributed by atoms with Crippen molar-refractivity contribution in [3.05, 3.63) is 48.0 Å². The zero-order valence-electron chi connectivity index (χ0n) is 24.9. The van der Waals surface area contributed by atoms with Crippen LogP contribution in [0.5, 0.6) is 0 Å². The number of likely N-dealkylation sites (N-methyl/N-ethyl adjacent to an activating group) is 1. The largest absolute Gasteiger partial charge is 0.453 e. The quantitative estimate of drug-likeness (QED) is 0.486. The van der Waals surface area contributed by atoms with Crippen molar-refractivity contribution < 1.29 is 14.3 Å². The topological polar surface area (TPSA) is 91.1 Å². The summed E-state index contributed by atoms with van der Waals surface area (Å²) >= 11 is 0. The van der Waals surface area contributed by atoms with E-state index in [1.807, 2.05) is 11.0 Å². The first kappa shape index (κ1) is 29.9. The van der Waals surface area contributed by atoms with Crippen molar-refractivity contribution in [2.45, 2.75) is 71.5 Å². The zero-order chi connectivity index (χ0) is 28.9. The van der Waals surface area contributed by atoms with Gasteiger partial charge < -0.3 is 30.5 Å². The van der Waals surface area contributed by atoms with Gasteiger partial charge in [0.2, 0.25) is 5.91 Å². The molecule has 0 unspecified atom stereocenters. The number of piperazine rings is 1. The summed E-state index contributed by atoms with van der Waals surface area (Å²) in [7, 11) is 3.59. The van der Waals surface area contributed by atoms with Gasteiger partial charge >= 0.3 is 6.09 Å². The second-order valence-corrected chi connectivity index (χ2v) is 12.7. The molecule has 2 aliphatic rings. The number of nitrogens with zero attached hydrogens (tertiary/aromatic N) is 3. The smallest absolute Gasteiger partial charge is 0.410 e. The molecule has 8 nitrogen and oxygen atoms in total. The fourth-order valence-electron chi connectivity index (χ4n) is 5.73. The number of methoxy groups -OCH3 is 1. The number of carbonyl (C=O) groups excluding carboxylic acids is 2. The predicted molar refractivity (Wildman–Crippen MR) is 162 cm³/mol. The molecule has 1 saturated carbocycles. The van der Waals surface area contributed by atoms with Gasteiger partial charge in [-0.25, -0.2) is 4.79 Å². The molecule has 0 radical (unpaired) electrons. The number of carbonyl (C=O) groups is 2. The summed E-state index contributed by atoms with van der Waals surface area (Å²) in [4.78, 5) is 32.3. The third kappa shape index (κ3) is 7.98. The van der Waals surface area contributed by atoms with E-state index in [4.69, 9.17) is 10.5 Å². The van der Waals surface area contributed by atoms with E-state index in [1.165, 1.54) is 7.11 Å². The van der Waals surface area contributed by atoms with Crippen molar-refractivity contribution in [3.8, 4) is 11.1 Å². The monoisotopic (exact) mass is 549 g/mol. The van der Waals surface area contributed by atoms with Gasteiger partial charge in [-0.05, 0) is 73.0 Å². The second-order valence-electron chi connectivity index (χ2n) is 12.7. The second kappa shape index (κ2) is 13.0. The Labute approximate surface area is 239 Å². The van der Waals surface area contributed by atoms with E-state index in [0.29, 0.717) is 13.0 Å². The minimum atomic E-state index is -0.300. The molecule has 8 heteroatoms. The van der Waals surface area contributed by atoms with Gasteiger partial charge in [-0.1, -0.05) is 45.0 Å². The van der Waals surface area contributed by atoms with Crippen molar-refractivity contribution >= 4 is 23.4 Å². The fraction of sp³-hybridized carbons (Fsp3) is 0.562. The highest BCUT2D eigenvalue weighted by molar-refractivity contribution is 5.96. The van der Waals surface area contributed by atoms with Crippen LogP contribution in [0.25, 0.3) is 11.1 Å². The maximum absolute atomic E-state index is 13.0. The molecule has 1 aliphatic heterocycles. The van der Waals surface area contributed by atoms with E-state index < -0.39 is 0 Å². The van der Waals surface area contributed by atoms with Crippen LogP contribution in [0.1, 0.15) is 58.4 Å². The molecule has 218 valence electrons. The summed E-state index contributed by atoms with van der Waals surface area (Å²) in [5.41, 5.74) is 11.0. The predicted octanol–water partition coefficient (Wildman–Crippen LogP) is 5.32. The summed E-state index contributed by atoms with van der Waals surface area (Å²) in [5.74, 6) is 0.0229. The van der Waals surface area contributed by atoms with Crippen molar-refractivity contribution in [3.63, 3.8) is 0 Å². The summed E-state index contributed by atoms with van der Waals surface area (Å²) in [6.07, 6.45) is 3.77. The normalized spacial score (nSPS) is 20.2. The van der Waals surface area contributed by atoms with Crippen LogP contribution >= 0.6 is 0 Å². The molecule has 2 amide bonds. The van der Waals surface area contributed by atoms with E-state index in [9.17, 15) is 9.59 Å². The Hall–Kier alpha value is -3.10. The third-order valence-corrected chi connectivity index (χ3v) is 8.01. The van der Waals surface area contributed by atoms with Gasteiger partial charge in [-0.3, -0.25) is 4.79 Å². The van der Waals surface area contributed by atoms with Crippen LogP contribution in [-0.2, 0) is 16.1 Å². The number of anilines is 2. The SMILES string of the molecule is COC(=O)N(Cc1cccc(-c2ccc(N3CCN(C)CC3)c(NC(=O)CC(C)(C)C)c2)c1)C1CCC(N)CC1. The average Bonchev–Trinajstić information content (AvgIpc) is 2.91. The van der Waals surface area contributed by atoms with Gasteiger partial charge in [-0.15, -0.1) is 0 Å². The first-order valence-corrected chi connectivity index (χ1v) is 14.6. The Morgan fingerprint density at radius 1 is 1.00 bits per heavy atom. The number of hydrogen-bond donors (Lipinski definition) is 2. The van der Waals surface area contributed by atoms with Crippen molar-refractivity contribution in [2.75, 3.05) is 50.6 Å². The molecule has 40 heavy (non-hydrogen) atoms. The molecule has 0 atom stereocenters. The van der Waals surface area contributed by atoms with Gasteiger partial charge in [0.05, 0.1) is 18.5 Å². The highest BCUT2D eigenvalue weighted by Crippen LogP contribution is 2.34. The number of nitrogens with one attached hydrogen (secondary N) is 1. The summed E-state index contributed by atoms with van der Waals surface area (Å²) < 4.78 is 5.15. The van der Waals surface area contributed by atoms with Crippen LogP contribution < -0.4 is 16.0 Å². The van der Waals surface area contributed by atoms with Crippen molar-refractivity contribution in [1.29, 1.82) is 0 Å². The molecule has 1 saturated heterocycles. The van der Waals surface area contributed by atoms with E-state index >= 15 is 0 Å². The fourth-order valence-corrected chi connectivity index (χ4v) is 5.73. The maximum Gasteiger partial charge on any atom is 0.410 e. The number of ether oxygens (including phenoxy) is 1. The lowest BCUT2D eigenvalue weighted by molar-refractivity contribution is -0.117. The van der Waals surface area contributed by atoms with Crippen LogP contribution in [-0.4, -0.2) is 74.2 Å². The highest BCUT2D eigenvalue weighted by Gasteiger charge is 2.28. The summed E-state index contributed by atoms with van der Waals surface area (Å²) in [5, 5.41) is 3.23. The van der Waals surface area contributed by atoms with Crippen LogP contribution in [0, 0.1) is 5.41 Å². The Balaban J connectivity index is 1.60. The number of rotatable bonds is 7. The molecule has 0 spiro atoms. The summed E-state index contributed by atoms with van der Waals surface area (Å²) in [6.45, 7) is 10.5. The minimum absolute atomic E-state index is 0.0229. The molecule has 2 fully saturated rings. The van der Waals surface area contributed by atoms with Gasteiger partial charge in [0.25, 0.3) is 0 Å². The first-order valence-electron chi connectivity index (χ1n) is 14.6. The number of benzene rings is 2. The average molecular weight is 550 g/mol. The van der Waals surface area contributed by atoms with E-state index in [2.05, 4.69) is 79.3 Å². The zero-order valence-corrected chi connectivity index (χ0v) is 24.9. The Kier molecular flexibility index (Phi) is 9.74. The van der Waals surface area contributed by atoms with Crippen molar-refractivity contribution in [1.82, 2.24) is 9.80 Å². The first-order chi connectivity index (χ1) is 19.0. The third-order valence-electron chi connectivity index (χ3n) is 8.01. The molecule has 0 bridgehead atoms. The number of nitrogens with two attached hydrogens (primary N) is 1. The summed E-state index contributed by atoms with van der Waals surface area (Å²) in [6, 6.07) is 15.0. The van der Waals surface area contributed by atoms with E-state index in [1.54, 1.807) is 0 Å². The van der Waals surface area contributed by atoms with Gasteiger partial charge in [-0.2, -0.15) is 0 Å². The molecule has 2 aromatic carbocycles. The molecule has 3 N–H and O–H groups in total. The van der Waals surface area contributed by atoms with Crippen LogP contribution in [0.2, 0.25) is 0 Å². The molecule has 4 rings (SSSR count). The van der Waals surface area contributed by atoms with E-state index in [-0.39, 0.29) is 29.5 Å². The molecular formula is C32H47N5O3. The number of hydrogen-bond acceptors (Lipinski definition) is 6. The lowest BCUT2D eigenvalue weighted by Crippen LogP contribution is -2.44. The van der Waals surface area contributed by atoms with Crippen LogP contribution in [0.3, 0.4) is 0 Å². The molecular weight excluding hydrogens is 502 g/mol. The van der Waals surface area contributed by atoms with Crippen LogP contribution in [0.15, 0.2) is 42.5 Å². The van der Waals surface area contributed by atoms with E-state index in [0.717, 1.165) is 79.9 Å². The lowest BCUT2D eigenvalue weighted by atomic mass is 9.90. The maximum atomic E-state index is 13.0. The van der Waals surface area contributed by atoms with Gasteiger partial charge in [0.15, 0.2) is 0 Å². The standard InChI is InChI=1S/C32H47N5O3/c1-32(2,3)21-30(38)34-28-20-25(9-14-29(28)36-17-15-35(4)16-18-36)24-8-6-7-23(19-24)22-37(31(39)40-5)27-12-10-26(33)11-13-27/h6-9,14,19-20,26-27H,10-13,15-18,21-22,33H2,1-5H3,(H,34,38).